The summed E-state index contributed by atoms with van der Waals surface area (Å²) in [4.78, 5) is 0. The molecule has 0 aromatic rings. The van der Waals surface area contributed by atoms with Gasteiger partial charge >= 0.3 is 0 Å². The van der Waals surface area contributed by atoms with E-state index in [9.17, 15) is 0 Å². The van der Waals surface area contributed by atoms with E-state index >= 15 is 0 Å². The molecule has 1 heteroatoms. The number of hydrogen-bond acceptors (Lipinski definition) is 1. The number of aliphatic hydroxyl groups excluding tert-OH is 1. The van der Waals surface area contributed by atoms with Gasteiger partial charge in [-0.2, -0.15) is 0 Å². The van der Waals surface area contributed by atoms with Crippen molar-refractivity contribution in [3.05, 3.63) is 0 Å². The summed E-state index contributed by atoms with van der Waals surface area (Å²) in [5.41, 5.74) is 0. The van der Waals surface area contributed by atoms with E-state index in [1.807, 2.05) is 0 Å². The minimum absolute atomic E-state index is 1.48. The van der Waals surface area contributed by atoms with Crippen molar-refractivity contribution in [1.82, 2.24) is 0 Å². The third-order valence-corrected chi connectivity index (χ3v) is 0.710. The first kappa shape index (κ1) is 1.07. The summed E-state index contributed by atoms with van der Waals surface area (Å²) in [5.74, 6) is -3.18. The van der Waals surface area contributed by atoms with Crippen molar-refractivity contribution in [2.45, 2.75) is 31.9 Å². The zero-order valence-corrected chi connectivity index (χ0v) is 4.15. The molecule has 0 aromatic heterocycles. The second-order valence-electron chi connectivity index (χ2n) is 1.26. The van der Waals surface area contributed by atoms with Crippen LogP contribution >= 0.6 is 0 Å². The van der Waals surface area contributed by atoms with Gasteiger partial charge in [-0.25, -0.2) is 0 Å². The summed E-state index contributed by atoms with van der Waals surface area (Å²) in [7, 11) is 0. The Morgan fingerprint density at radius 3 is 2.62 bits per heavy atom. The van der Waals surface area contributed by atoms with Gasteiger partial charge in [0, 0.05) is 21.7 Å². The van der Waals surface area contributed by atoms with E-state index in [2.05, 4.69) is 0 Å². The topological polar surface area (TPSA) is 20.2 Å². The van der Waals surface area contributed by atoms with Crippen molar-refractivity contribution >= 4 is 0 Å². The van der Waals surface area contributed by atoms with Crippen LogP contribution in [-0.4, -0.2) is 11.7 Å². The molecular weight excluding hydrogens is 100 g/mol. The second kappa shape index (κ2) is 3.08. The van der Waals surface area contributed by atoms with E-state index in [1.165, 1.54) is 0 Å². The van der Waals surface area contributed by atoms with Crippen LogP contribution in [0.4, 0.5) is 0 Å². The van der Waals surface area contributed by atoms with Gasteiger partial charge in [0.15, 0.2) is 0 Å². The predicted molar refractivity (Wildman–Crippen MR) is 33.7 cm³/mol. The molecular formula is C7H14O. The SMILES string of the molecule is [2H]C1([2H])C([2H])([2H])C([2H])([2H])C([2H])(CO)C([2H])([2H])C1([2H])[2H]. The van der Waals surface area contributed by atoms with E-state index in [4.69, 9.17) is 20.2 Å². The van der Waals surface area contributed by atoms with Crippen molar-refractivity contribution in [3.63, 3.8) is 0 Å². The summed E-state index contributed by atoms with van der Waals surface area (Å²) >= 11 is 0. The van der Waals surface area contributed by atoms with Crippen LogP contribution in [0.3, 0.4) is 0 Å². The van der Waals surface area contributed by atoms with Crippen molar-refractivity contribution < 1.29 is 20.2 Å². The van der Waals surface area contributed by atoms with Gasteiger partial charge in [0.1, 0.15) is 0 Å². The quantitative estimate of drug-likeness (QED) is 0.564. The lowest BCUT2D eigenvalue weighted by Gasteiger charge is -2.18. The Balaban J connectivity index is 3.76. The van der Waals surface area contributed by atoms with Crippen molar-refractivity contribution in [1.29, 1.82) is 0 Å². The van der Waals surface area contributed by atoms with Crippen LogP contribution in [0, 0.1) is 5.89 Å². The van der Waals surface area contributed by atoms with Crippen LogP contribution in [0.15, 0.2) is 0 Å². The molecule has 0 aromatic carbocycles. The minimum atomic E-state index is -3.52. The van der Waals surface area contributed by atoms with Gasteiger partial charge in [0.2, 0.25) is 0 Å². The Morgan fingerprint density at radius 2 is 2.12 bits per heavy atom. The fourth-order valence-corrected chi connectivity index (χ4v) is 0.355. The number of rotatable bonds is 1. The van der Waals surface area contributed by atoms with Crippen LogP contribution < -0.4 is 0 Å². The molecule has 8 heavy (non-hydrogen) atoms. The summed E-state index contributed by atoms with van der Waals surface area (Å²) in [6.45, 7) is -1.48. The van der Waals surface area contributed by atoms with Crippen LogP contribution in [0.25, 0.3) is 0 Å². The highest BCUT2D eigenvalue weighted by Crippen LogP contribution is 2.22. The lowest BCUT2D eigenvalue weighted by molar-refractivity contribution is 0.190. The van der Waals surface area contributed by atoms with Gasteiger partial charge in [-0.3, -0.25) is 0 Å². The van der Waals surface area contributed by atoms with E-state index in [-0.39, 0.29) is 0 Å². The maximum Gasteiger partial charge on any atom is 0.0459 e. The van der Waals surface area contributed by atoms with Gasteiger partial charge in [-0.05, 0) is 18.6 Å². The molecule has 1 rings (SSSR count). The minimum Gasteiger partial charge on any atom is -0.396 e. The normalized spacial score (nSPS) is 79.4. The van der Waals surface area contributed by atoms with Gasteiger partial charge < -0.3 is 5.11 Å². The molecule has 1 aliphatic rings. The number of hydrogen-bond donors (Lipinski definition) is 1. The Hall–Kier alpha value is -0.0400. The molecule has 0 saturated heterocycles. The molecule has 1 saturated carbocycles. The maximum absolute atomic E-state index is 9.13. The monoisotopic (exact) mass is 125 g/mol. The molecule has 0 unspecified atom stereocenters. The van der Waals surface area contributed by atoms with Crippen molar-refractivity contribution in [2.75, 3.05) is 6.61 Å². The molecule has 1 aliphatic carbocycles. The van der Waals surface area contributed by atoms with Crippen LogP contribution in [0.1, 0.15) is 46.9 Å². The first-order valence-corrected chi connectivity index (χ1v) is 2.17. The summed E-state index contributed by atoms with van der Waals surface area (Å²) < 4.78 is 82.9. The zero-order valence-electron chi connectivity index (χ0n) is 15.2. The Bertz CT molecular complexity index is 357. The van der Waals surface area contributed by atoms with Crippen molar-refractivity contribution in [3.8, 4) is 0 Å². The van der Waals surface area contributed by atoms with Gasteiger partial charge in [-0.15, -0.1) is 0 Å². The first-order chi connectivity index (χ1) is 8.06. The number of aliphatic hydroxyl groups is 1. The van der Waals surface area contributed by atoms with E-state index in [0.717, 1.165) is 0 Å². The van der Waals surface area contributed by atoms with E-state index < -0.39 is 44.4 Å². The third kappa shape index (κ3) is 1.48. The third-order valence-electron chi connectivity index (χ3n) is 0.710. The lowest BCUT2D eigenvalue weighted by atomic mass is 9.90. The van der Waals surface area contributed by atoms with Crippen molar-refractivity contribution in [2.24, 2.45) is 5.89 Å². The smallest absolute Gasteiger partial charge is 0.0459 e. The largest absolute Gasteiger partial charge is 0.396 e. The van der Waals surface area contributed by atoms with Crippen LogP contribution in [-0.2, 0) is 0 Å². The van der Waals surface area contributed by atoms with Crippen LogP contribution in [0.5, 0.6) is 0 Å². The Morgan fingerprint density at radius 1 is 1.50 bits per heavy atom. The lowest BCUT2D eigenvalue weighted by Crippen LogP contribution is -2.09. The summed E-state index contributed by atoms with van der Waals surface area (Å²) in [6.07, 6.45) is -17.4. The highest BCUT2D eigenvalue weighted by molar-refractivity contribution is 4.63. The summed E-state index contributed by atoms with van der Waals surface area (Å²) in [6, 6.07) is 0. The molecule has 0 heterocycles. The average Bonchev–Trinajstić information content (AvgIpc) is 2.24. The van der Waals surface area contributed by atoms with Gasteiger partial charge in [0.25, 0.3) is 0 Å². The molecule has 0 spiro atoms. The molecule has 48 valence electrons. The molecule has 1 fully saturated rings. The molecule has 1 nitrogen and oxygen atoms in total. The van der Waals surface area contributed by atoms with Crippen LogP contribution in [0.2, 0.25) is 0 Å². The molecule has 0 aliphatic heterocycles. The average molecular weight is 125 g/mol. The molecule has 0 radical (unpaired) electrons. The zero-order chi connectivity index (χ0) is 15.7. The highest BCUT2D eigenvalue weighted by atomic mass is 16.3. The second-order valence-corrected chi connectivity index (χ2v) is 1.26. The van der Waals surface area contributed by atoms with Gasteiger partial charge in [0.05, 0.1) is 0 Å². The fourth-order valence-electron chi connectivity index (χ4n) is 0.355. The molecule has 0 bridgehead atoms. The molecule has 0 atom stereocenters. The fraction of sp³-hybridized carbons (Fsp3) is 1.00. The maximum atomic E-state index is 9.13. The van der Waals surface area contributed by atoms with E-state index in [0.29, 0.717) is 0 Å². The van der Waals surface area contributed by atoms with E-state index in [1.54, 1.807) is 0 Å². The first-order valence-electron chi connectivity index (χ1n) is 7.67. The molecule has 0 amide bonds. The highest BCUT2D eigenvalue weighted by Gasteiger charge is 2.10. The molecule has 1 N–H and O–H groups in total. The Labute approximate surface area is 66.2 Å². The Kier molecular flexibility index (Phi) is 0.413. The predicted octanol–water partition coefficient (Wildman–Crippen LogP) is 1.56. The van der Waals surface area contributed by atoms with Gasteiger partial charge in [-0.1, -0.05) is 19.1 Å². The summed E-state index contributed by atoms with van der Waals surface area (Å²) in [5, 5.41) is 9.13. The standard InChI is InChI=1S/C7H14O/c8-6-7-4-2-1-3-5-7/h7-8H,1-6H2/i1D2,2D2,3D2,4D2,5D2,7D.